The van der Waals surface area contributed by atoms with Crippen LogP contribution >= 0.6 is 0 Å². The van der Waals surface area contributed by atoms with Crippen molar-refractivity contribution in [2.24, 2.45) is 18.7 Å². The smallest absolute Gasteiger partial charge is 0.246 e. The van der Waals surface area contributed by atoms with Gasteiger partial charge in [0.15, 0.2) is 0 Å². The Kier molecular flexibility index (Phi) is 4.75. The summed E-state index contributed by atoms with van der Waals surface area (Å²) in [5.41, 5.74) is 7.08. The molecule has 0 saturated heterocycles. The third-order valence-corrected chi connectivity index (χ3v) is 6.85. The molecule has 0 aliphatic heterocycles. The summed E-state index contributed by atoms with van der Waals surface area (Å²) in [6, 6.07) is -0.00671. The topological polar surface area (TPSA) is 81.2 Å². The van der Waals surface area contributed by atoms with Gasteiger partial charge in [-0.25, -0.2) is 8.42 Å². The van der Waals surface area contributed by atoms with Crippen LogP contribution in [0.1, 0.15) is 37.1 Å². The van der Waals surface area contributed by atoms with Gasteiger partial charge in [0, 0.05) is 20.1 Å². The zero-order valence-electron chi connectivity index (χ0n) is 13.3. The zero-order valence-corrected chi connectivity index (χ0v) is 14.2. The van der Waals surface area contributed by atoms with E-state index in [-0.39, 0.29) is 12.0 Å². The van der Waals surface area contributed by atoms with Crippen LogP contribution in [-0.2, 0) is 17.1 Å². The Labute approximate surface area is 127 Å². The molecule has 2 unspecified atom stereocenters. The average Bonchev–Trinajstić information content (AvgIpc) is 2.71. The molecule has 0 radical (unpaired) electrons. The maximum absolute atomic E-state index is 13.0. The molecule has 0 aromatic carbocycles. The van der Waals surface area contributed by atoms with Crippen molar-refractivity contribution < 1.29 is 8.42 Å². The van der Waals surface area contributed by atoms with Crippen LogP contribution in [0.2, 0.25) is 0 Å². The Morgan fingerprint density at radius 3 is 2.48 bits per heavy atom. The second kappa shape index (κ2) is 6.06. The minimum absolute atomic E-state index is 0.00671. The van der Waals surface area contributed by atoms with E-state index >= 15 is 0 Å². The van der Waals surface area contributed by atoms with Gasteiger partial charge >= 0.3 is 0 Å². The normalized spacial score (nSPS) is 23.7. The van der Waals surface area contributed by atoms with E-state index in [4.69, 9.17) is 5.73 Å². The standard InChI is InChI=1S/C14H26N4O2S/c1-10-14(11(2)17(3)16-10)21(19,20)18(4)13-8-6-5-7-12(13)9-15/h12-13H,5-9,15H2,1-4H3. The second-order valence-corrected chi connectivity index (χ2v) is 7.93. The zero-order chi connectivity index (χ0) is 15.8. The lowest BCUT2D eigenvalue weighted by molar-refractivity contribution is 0.204. The number of rotatable bonds is 4. The Balaban J connectivity index is 2.38. The van der Waals surface area contributed by atoms with Gasteiger partial charge < -0.3 is 5.73 Å². The molecule has 2 N–H and O–H groups in total. The lowest BCUT2D eigenvalue weighted by Crippen LogP contribution is -2.46. The number of sulfonamides is 1. The highest BCUT2D eigenvalue weighted by atomic mass is 32.2. The molecule has 21 heavy (non-hydrogen) atoms. The summed E-state index contributed by atoms with van der Waals surface area (Å²) < 4.78 is 29.1. The minimum atomic E-state index is -3.53. The highest BCUT2D eigenvalue weighted by Gasteiger charge is 2.36. The molecule has 0 bridgehead atoms. The summed E-state index contributed by atoms with van der Waals surface area (Å²) in [6.45, 7) is 4.08. The van der Waals surface area contributed by atoms with E-state index in [1.165, 1.54) is 4.31 Å². The quantitative estimate of drug-likeness (QED) is 0.904. The molecule has 2 atom stereocenters. The summed E-state index contributed by atoms with van der Waals surface area (Å²) >= 11 is 0. The first kappa shape index (κ1) is 16.5. The van der Waals surface area contributed by atoms with E-state index in [9.17, 15) is 8.42 Å². The van der Waals surface area contributed by atoms with Gasteiger partial charge in [-0.15, -0.1) is 0 Å². The Bertz CT molecular complexity index is 609. The van der Waals surface area contributed by atoms with Crippen molar-refractivity contribution in [1.82, 2.24) is 14.1 Å². The van der Waals surface area contributed by atoms with Crippen LogP contribution in [0, 0.1) is 19.8 Å². The number of nitrogens with two attached hydrogens (primary N) is 1. The van der Waals surface area contributed by atoms with Crippen LogP contribution < -0.4 is 5.73 Å². The number of aryl methyl sites for hydroxylation is 2. The molecular formula is C14H26N4O2S. The van der Waals surface area contributed by atoms with E-state index in [0.717, 1.165) is 25.7 Å². The molecule has 2 rings (SSSR count). The first-order valence-corrected chi connectivity index (χ1v) is 8.93. The summed E-state index contributed by atoms with van der Waals surface area (Å²) in [7, 11) is -0.0788. The van der Waals surface area contributed by atoms with Crippen molar-refractivity contribution in [2.45, 2.75) is 50.5 Å². The lowest BCUT2D eigenvalue weighted by Gasteiger charge is -2.36. The van der Waals surface area contributed by atoms with Crippen LogP contribution in [-0.4, -0.2) is 42.1 Å². The van der Waals surface area contributed by atoms with Crippen LogP contribution in [0.4, 0.5) is 0 Å². The fourth-order valence-corrected chi connectivity index (χ4v) is 5.23. The van der Waals surface area contributed by atoms with Gasteiger partial charge in [0.25, 0.3) is 0 Å². The third kappa shape index (κ3) is 2.86. The average molecular weight is 314 g/mol. The first-order valence-electron chi connectivity index (χ1n) is 7.49. The fourth-order valence-electron chi connectivity index (χ4n) is 3.39. The molecule has 1 aliphatic carbocycles. The van der Waals surface area contributed by atoms with E-state index in [0.29, 0.717) is 22.8 Å². The SMILES string of the molecule is Cc1nn(C)c(C)c1S(=O)(=O)N(C)C1CCCCC1CN. The van der Waals surface area contributed by atoms with Crippen LogP contribution in [0.25, 0.3) is 0 Å². The highest BCUT2D eigenvalue weighted by Crippen LogP contribution is 2.32. The largest absolute Gasteiger partial charge is 0.330 e. The monoisotopic (exact) mass is 314 g/mol. The second-order valence-electron chi connectivity index (χ2n) is 5.99. The van der Waals surface area contributed by atoms with E-state index < -0.39 is 10.0 Å². The summed E-state index contributed by atoms with van der Waals surface area (Å²) in [5, 5.41) is 4.23. The van der Waals surface area contributed by atoms with E-state index in [1.807, 2.05) is 0 Å². The first-order chi connectivity index (χ1) is 9.80. The van der Waals surface area contributed by atoms with Gasteiger partial charge in [0.2, 0.25) is 10.0 Å². The van der Waals surface area contributed by atoms with Gasteiger partial charge in [-0.05, 0) is 39.2 Å². The number of hydrogen-bond acceptors (Lipinski definition) is 4. The molecule has 1 saturated carbocycles. The molecule has 1 heterocycles. The van der Waals surface area contributed by atoms with Gasteiger partial charge in [0.05, 0.1) is 11.4 Å². The van der Waals surface area contributed by atoms with Crippen molar-refractivity contribution in [2.75, 3.05) is 13.6 Å². The Morgan fingerprint density at radius 2 is 1.95 bits per heavy atom. The molecule has 0 amide bonds. The molecule has 120 valence electrons. The van der Waals surface area contributed by atoms with Gasteiger partial charge in [-0.3, -0.25) is 4.68 Å². The van der Waals surface area contributed by atoms with Crippen LogP contribution in [0.3, 0.4) is 0 Å². The van der Waals surface area contributed by atoms with Gasteiger partial charge in [-0.1, -0.05) is 12.8 Å². The van der Waals surface area contributed by atoms with Crippen molar-refractivity contribution in [3.05, 3.63) is 11.4 Å². The van der Waals surface area contributed by atoms with Crippen LogP contribution in [0.15, 0.2) is 4.90 Å². The molecule has 7 heteroatoms. The summed E-state index contributed by atoms with van der Waals surface area (Å²) in [6.07, 6.45) is 4.09. The molecule has 1 aromatic heterocycles. The Morgan fingerprint density at radius 1 is 1.33 bits per heavy atom. The van der Waals surface area contributed by atoms with Crippen molar-refractivity contribution in [3.63, 3.8) is 0 Å². The predicted molar refractivity (Wildman–Crippen MR) is 82.4 cm³/mol. The fraction of sp³-hybridized carbons (Fsp3) is 0.786. The predicted octanol–water partition coefficient (Wildman–Crippen LogP) is 1.17. The molecule has 1 fully saturated rings. The Hall–Kier alpha value is -0.920. The lowest BCUT2D eigenvalue weighted by atomic mass is 9.85. The van der Waals surface area contributed by atoms with Crippen molar-refractivity contribution in [3.8, 4) is 0 Å². The molecule has 6 nitrogen and oxygen atoms in total. The molecule has 0 spiro atoms. The van der Waals surface area contributed by atoms with Crippen LogP contribution in [0.5, 0.6) is 0 Å². The minimum Gasteiger partial charge on any atom is -0.330 e. The van der Waals surface area contributed by atoms with E-state index in [2.05, 4.69) is 5.10 Å². The van der Waals surface area contributed by atoms with Crippen molar-refractivity contribution >= 4 is 10.0 Å². The molecule has 1 aromatic rings. The number of nitrogens with zero attached hydrogens (tertiary/aromatic N) is 3. The number of aromatic nitrogens is 2. The molecular weight excluding hydrogens is 288 g/mol. The highest BCUT2D eigenvalue weighted by molar-refractivity contribution is 7.89. The van der Waals surface area contributed by atoms with Crippen molar-refractivity contribution in [1.29, 1.82) is 0 Å². The maximum Gasteiger partial charge on any atom is 0.246 e. The van der Waals surface area contributed by atoms with Gasteiger partial charge in [-0.2, -0.15) is 9.40 Å². The van der Waals surface area contributed by atoms with Gasteiger partial charge in [0.1, 0.15) is 4.90 Å². The maximum atomic E-state index is 13.0. The summed E-state index contributed by atoms with van der Waals surface area (Å²) in [5.74, 6) is 0.246. The number of hydrogen-bond donors (Lipinski definition) is 1. The third-order valence-electron chi connectivity index (χ3n) is 4.72. The van der Waals surface area contributed by atoms with E-state index in [1.54, 1.807) is 32.6 Å². The molecule has 1 aliphatic rings. The summed E-state index contributed by atoms with van der Waals surface area (Å²) in [4.78, 5) is 0.342.